The van der Waals surface area contributed by atoms with Crippen LogP contribution in [0.2, 0.25) is 0 Å². The number of carbonyl (C=O) groups excluding carboxylic acids is 2. The third-order valence-electron chi connectivity index (χ3n) is 3.51. The van der Waals surface area contributed by atoms with Crippen molar-refractivity contribution in [3.63, 3.8) is 0 Å². The molecule has 0 aromatic heterocycles. The second kappa shape index (κ2) is 8.57. The van der Waals surface area contributed by atoms with E-state index >= 15 is 0 Å². The Kier molecular flexibility index (Phi) is 6.21. The molecule has 0 spiro atoms. The average Bonchev–Trinajstić information content (AvgIpc) is 2.66. The van der Waals surface area contributed by atoms with Crippen LogP contribution in [0.3, 0.4) is 0 Å². The van der Waals surface area contributed by atoms with Crippen molar-refractivity contribution in [1.82, 2.24) is 5.32 Å². The summed E-state index contributed by atoms with van der Waals surface area (Å²) in [5, 5.41) is 13.7. The number of hydrogen-bond acceptors (Lipinski definition) is 6. The maximum atomic E-state index is 12.5. The fourth-order valence-electron chi connectivity index (χ4n) is 2.27. The van der Waals surface area contributed by atoms with E-state index in [-0.39, 0.29) is 22.8 Å². The Labute approximate surface area is 150 Å². The largest absolute Gasteiger partial charge is 0.543 e. The van der Waals surface area contributed by atoms with Gasteiger partial charge in [-0.1, -0.05) is 30.3 Å². The summed E-state index contributed by atoms with van der Waals surface area (Å²) in [7, 11) is 4.28. The molecular formula is C19H18NO6-. The highest BCUT2D eigenvalue weighted by Gasteiger charge is 2.17. The van der Waals surface area contributed by atoms with Crippen LogP contribution in [0.5, 0.6) is 17.2 Å². The molecule has 0 heterocycles. The lowest BCUT2D eigenvalue weighted by Gasteiger charge is -2.15. The Morgan fingerprint density at radius 3 is 2.00 bits per heavy atom. The zero-order valence-corrected chi connectivity index (χ0v) is 14.6. The standard InChI is InChI=1S/C19H19NO6/c1-24-15-10-13(11-16(25-2)17(15)26-3)18(21)20-14(19(22)23)9-12-7-5-4-6-8-12/h4-11H,1-3H3,(H,20,21)(H,22,23)/p-1/b14-9+. The Balaban J connectivity index is 2.35. The van der Waals surface area contributed by atoms with Gasteiger partial charge >= 0.3 is 0 Å². The molecule has 136 valence electrons. The van der Waals surface area contributed by atoms with Crippen LogP contribution in [0.4, 0.5) is 0 Å². The summed E-state index contributed by atoms with van der Waals surface area (Å²) >= 11 is 0. The van der Waals surface area contributed by atoms with Crippen molar-refractivity contribution < 1.29 is 28.9 Å². The number of benzene rings is 2. The van der Waals surface area contributed by atoms with Gasteiger partial charge in [-0.25, -0.2) is 0 Å². The quantitative estimate of drug-likeness (QED) is 0.750. The van der Waals surface area contributed by atoms with Gasteiger partial charge in [0.05, 0.1) is 33.0 Å². The Hall–Kier alpha value is -3.48. The molecule has 26 heavy (non-hydrogen) atoms. The van der Waals surface area contributed by atoms with Gasteiger partial charge in [-0.15, -0.1) is 0 Å². The van der Waals surface area contributed by atoms with Crippen LogP contribution in [-0.4, -0.2) is 33.2 Å². The number of aliphatic carboxylic acids is 1. The molecule has 7 nitrogen and oxygen atoms in total. The van der Waals surface area contributed by atoms with E-state index in [2.05, 4.69) is 5.32 Å². The molecule has 0 radical (unpaired) electrons. The van der Waals surface area contributed by atoms with Gasteiger partial charge in [0.15, 0.2) is 11.5 Å². The Morgan fingerprint density at radius 1 is 0.962 bits per heavy atom. The first-order valence-electron chi connectivity index (χ1n) is 7.59. The van der Waals surface area contributed by atoms with Gasteiger partial charge in [0.1, 0.15) is 0 Å². The number of carboxylic acid groups (broad SMARTS) is 1. The van der Waals surface area contributed by atoms with Crippen LogP contribution in [0, 0.1) is 0 Å². The number of rotatable bonds is 7. The summed E-state index contributed by atoms with van der Waals surface area (Å²) in [6.45, 7) is 0. The molecule has 2 rings (SSSR count). The lowest BCUT2D eigenvalue weighted by molar-refractivity contribution is -0.299. The van der Waals surface area contributed by atoms with Crippen molar-refractivity contribution in [3.8, 4) is 17.2 Å². The molecule has 0 aliphatic rings. The first-order valence-corrected chi connectivity index (χ1v) is 7.59. The van der Waals surface area contributed by atoms with E-state index in [0.717, 1.165) is 0 Å². The second-order valence-corrected chi connectivity index (χ2v) is 5.12. The van der Waals surface area contributed by atoms with Crippen molar-refractivity contribution in [2.24, 2.45) is 0 Å². The summed E-state index contributed by atoms with van der Waals surface area (Å²) in [5.74, 6) is -1.28. The molecular weight excluding hydrogens is 338 g/mol. The number of methoxy groups -OCH3 is 3. The summed E-state index contributed by atoms with van der Waals surface area (Å²) in [4.78, 5) is 23.8. The highest BCUT2D eigenvalue weighted by molar-refractivity contribution is 6.02. The Morgan fingerprint density at radius 2 is 1.54 bits per heavy atom. The van der Waals surface area contributed by atoms with Crippen molar-refractivity contribution in [2.45, 2.75) is 0 Å². The number of hydrogen-bond donors (Lipinski definition) is 1. The number of carboxylic acids is 1. The van der Waals surface area contributed by atoms with E-state index in [1.807, 2.05) is 0 Å². The van der Waals surface area contributed by atoms with Crippen LogP contribution in [0.25, 0.3) is 6.08 Å². The predicted octanol–water partition coefficient (Wildman–Crippen LogP) is 1.23. The highest BCUT2D eigenvalue weighted by Crippen LogP contribution is 2.38. The fraction of sp³-hybridized carbons (Fsp3) is 0.158. The maximum Gasteiger partial charge on any atom is 0.255 e. The van der Waals surface area contributed by atoms with Crippen molar-refractivity contribution in [3.05, 3.63) is 59.3 Å². The van der Waals surface area contributed by atoms with Gasteiger partial charge in [-0.3, -0.25) is 4.79 Å². The third kappa shape index (κ3) is 4.32. The minimum atomic E-state index is -1.50. The lowest BCUT2D eigenvalue weighted by atomic mass is 10.1. The van der Waals surface area contributed by atoms with Gasteiger partial charge in [-0.05, 0) is 23.8 Å². The van der Waals surface area contributed by atoms with E-state index in [4.69, 9.17) is 14.2 Å². The summed E-state index contributed by atoms with van der Waals surface area (Å²) in [5.41, 5.74) is 0.381. The van der Waals surface area contributed by atoms with E-state index in [1.54, 1.807) is 30.3 Å². The van der Waals surface area contributed by atoms with Gasteiger partial charge in [-0.2, -0.15) is 0 Å². The van der Waals surface area contributed by atoms with Crippen molar-refractivity contribution in [1.29, 1.82) is 0 Å². The summed E-state index contributed by atoms with van der Waals surface area (Å²) < 4.78 is 15.6. The zero-order chi connectivity index (χ0) is 19.1. The molecule has 0 saturated heterocycles. The average molecular weight is 356 g/mol. The second-order valence-electron chi connectivity index (χ2n) is 5.12. The van der Waals surface area contributed by atoms with Crippen LogP contribution in [0.1, 0.15) is 15.9 Å². The SMILES string of the molecule is COc1cc(C(=O)N/C(=C/c2ccccc2)C(=O)[O-])cc(OC)c1OC. The number of nitrogens with one attached hydrogen (secondary N) is 1. The van der Waals surface area contributed by atoms with Gasteiger partial charge in [0, 0.05) is 5.56 Å². The predicted molar refractivity (Wildman–Crippen MR) is 93.0 cm³/mol. The number of carbonyl (C=O) groups is 2. The van der Waals surface area contributed by atoms with E-state index in [9.17, 15) is 14.7 Å². The molecule has 0 aliphatic heterocycles. The van der Waals surface area contributed by atoms with Crippen LogP contribution in [0.15, 0.2) is 48.2 Å². The molecule has 0 bridgehead atoms. The molecule has 0 unspecified atom stereocenters. The third-order valence-corrected chi connectivity index (χ3v) is 3.51. The number of ether oxygens (including phenoxy) is 3. The zero-order valence-electron chi connectivity index (χ0n) is 14.6. The molecule has 2 aromatic carbocycles. The van der Waals surface area contributed by atoms with Crippen molar-refractivity contribution >= 4 is 18.0 Å². The molecule has 0 aliphatic carbocycles. The first kappa shape index (κ1) is 18.9. The van der Waals surface area contributed by atoms with Gasteiger partial charge < -0.3 is 29.4 Å². The molecule has 1 N–H and O–H groups in total. The molecule has 2 aromatic rings. The topological polar surface area (TPSA) is 96.9 Å². The first-order chi connectivity index (χ1) is 12.5. The minimum Gasteiger partial charge on any atom is -0.543 e. The van der Waals surface area contributed by atoms with Crippen LogP contribution < -0.4 is 24.6 Å². The minimum absolute atomic E-state index is 0.139. The highest BCUT2D eigenvalue weighted by atomic mass is 16.5. The van der Waals surface area contributed by atoms with E-state index < -0.39 is 11.9 Å². The smallest absolute Gasteiger partial charge is 0.255 e. The molecule has 0 saturated carbocycles. The molecule has 1 amide bonds. The van der Waals surface area contributed by atoms with E-state index in [0.29, 0.717) is 11.3 Å². The summed E-state index contributed by atoms with van der Waals surface area (Å²) in [6, 6.07) is 11.5. The van der Waals surface area contributed by atoms with E-state index in [1.165, 1.54) is 39.5 Å². The summed E-state index contributed by atoms with van der Waals surface area (Å²) in [6.07, 6.45) is 1.31. The molecule has 0 fully saturated rings. The fourth-order valence-corrected chi connectivity index (χ4v) is 2.27. The monoisotopic (exact) mass is 356 g/mol. The maximum absolute atomic E-state index is 12.5. The Bertz CT molecular complexity index is 804. The van der Waals surface area contributed by atoms with Crippen LogP contribution >= 0.6 is 0 Å². The molecule has 0 atom stereocenters. The van der Waals surface area contributed by atoms with Gasteiger partial charge in [0.2, 0.25) is 5.75 Å². The van der Waals surface area contributed by atoms with Gasteiger partial charge in [0.25, 0.3) is 5.91 Å². The molecule has 7 heteroatoms. The van der Waals surface area contributed by atoms with Crippen LogP contribution in [-0.2, 0) is 4.79 Å². The van der Waals surface area contributed by atoms with Crippen molar-refractivity contribution in [2.75, 3.05) is 21.3 Å². The lowest BCUT2D eigenvalue weighted by Crippen LogP contribution is -2.35. The number of amides is 1. The normalized spacial score (nSPS) is 10.8.